The minimum atomic E-state index is -0.969. The summed E-state index contributed by atoms with van der Waals surface area (Å²) in [5, 5.41) is 8.95. The van der Waals surface area contributed by atoms with E-state index in [0.717, 1.165) is 13.0 Å². The van der Waals surface area contributed by atoms with Gasteiger partial charge in [0.1, 0.15) is 6.54 Å². The number of carbonyl (C=O) groups is 2. The molecule has 6 heteroatoms. The van der Waals surface area contributed by atoms with Crippen molar-refractivity contribution in [2.24, 2.45) is 5.92 Å². The molecule has 118 valence electrons. The Morgan fingerprint density at radius 3 is 2.05 bits per heavy atom. The Labute approximate surface area is 122 Å². The number of carbonyl (C=O) groups excluding carboxylic acids is 1. The molecule has 6 nitrogen and oxygen atoms in total. The maximum absolute atomic E-state index is 12.5. The van der Waals surface area contributed by atoms with Crippen LogP contribution in [0.15, 0.2) is 0 Å². The third-order valence-corrected chi connectivity index (χ3v) is 2.76. The molecule has 0 saturated carbocycles. The second-order valence-electron chi connectivity index (χ2n) is 5.74. The Kier molecular flexibility index (Phi) is 8.96. The van der Waals surface area contributed by atoms with Gasteiger partial charge in [0.25, 0.3) is 0 Å². The molecule has 0 fully saturated rings. The molecule has 0 aromatic rings. The number of nitrogens with zero attached hydrogens (tertiary/aromatic N) is 3. The molecule has 0 heterocycles. The lowest BCUT2D eigenvalue weighted by Gasteiger charge is -2.31. The number of likely N-dealkylation sites (N-methyl/N-ethyl adjacent to an activating group) is 1. The summed E-state index contributed by atoms with van der Waals surface area (Å²) in [7, 11) is 3.91. The lowest BCUT2D eigenvalue weighted by Crippen LogP contribution is -2.48. The maximum atomic E-state index is 12.5. The summed E-state index contributed by atoms with van der Waals surface area (Å²) in [4.78, 5) is 28.6. The normalized spacial score (nSPS) is 10.9. The summed E-state index contributed by atoms with van der Waals surface area (Å²) < 4.78 is 0. The van der Waals surface area contributed by atoms with Gasteiger partial charge in [-0.3, -0.25) is 4.79 Å². The molecule has 0 bridgehead atoms. The molecule has 1 N–H and O–H groups in total. The maximum Gasteiger partial charge on any atom is 0.323 e. The van der Waals surface area contributed by atoms with E-state index in [1.165, 1.54) is 4.90 Å². The highest BCUT2D eigenvalue weighted by molar-refractivity contribution is 5.80. The molecule has 0 saturated heterocycles. The highest BCUT2D eigenvalue weighted by Crippen LogP contribution is 2.05. The Balaban J connectivity index is 4.78. The summed E-state index contributed by atoms with van der Waals surface area (Å²) >= 11 is 0. The summed E-state index contributed by atoms with van der Waals surface area (Å²) in [5.74, 6) is -0.723. The average Bonchev–Trinajstić information content (AvgIpc) is 2.31. The van der Waals surface area contributed by atoms with Crippen LogP contribution in [0.3, 0.4) is 0 Å². The molecule has 0 aromatic carbocycles. The zero-order valence-corrected chi connectivity index (χ0v) is 13.4. The van der Waals surface area contributed by atoms with Crippen LogP contribution in [0, 0.1) is 5.92 Å². The largest absolute Gasteiger partial charge is 0.480 e. The topological polar surface area (TPSA) is 64.1 Å². The Morgan fingerprint density at radius 1 is 1.05 bits per heavy atom. The Bertz CT molecular complexity index is 306. The molecule has 0 rings (SSSR count). The predicted octanol–water partition coefficient (Wildman–Crippen LogP) is 1.42. The standard InChI is InChI=1S/C14H29N3O3/c1-6-7-16(9-8-15(4)5)14(20)17(10-12(2)3)11-13(18)19/h12H,6-11H2,1-5H3,(H,18,19). The first-order valence-corrected chi connectivity index (χ1v) is 7.18. The summed E-state index contributed by atoms with van der Waals surface area (Å²) in [5.41, 5.74) is 0. The third kappa shape index (κ3) is 7.99. The quantitative estimate of drug-likeness (QED) is 0.696. The van der Waals surface area contributed by atoms with Crippen LogP contribution in [0.25, 0.3) is 0 Å². The Hall–Kier alpha value is -1.30. The molecule has 0 aliphatic rings. The molecule has 0 aliphatic carbocycles. The van der Waals surface area contributed by atoms with Crippen LogP contribution in [-0.2, 0) is 4.79 Å². The lowest BCUT2D eigenvalue weighted by atomic mass is 10.2. The lowest BCUT2D eigenvalue weighted by molar-refractivity contribution is -0.137. The monoisotopic (exact) mass is 287 g/mol. The van der Waals surface area contributed by atoms with Crippen molar-refractivity contribution in [2.45, 2.75) is 27.2 Å². The van der Waals surface area contributed by atoms with E-state index < -0.39 is 5.97 Å². The van der Waals surface area contributed by atoms with E-state index in [4.69, 9.17) is 5.11 Å². The van der Waals surface area contributed by atoms with Crippen molar-refractivity contribution in [1.29, 1.82) is 0 Å². The molecule has 0 aromatic heterocycles. The van der Waals surface area contributed by atoms with Gasteiger partial charge in [0, 0.05) is 26.2 Å². The van der Waals surface area contributed by atoms with Gasteiger partial charge in [-0.25, -0.2) is 4.79 Å². The van der Waals surface area contributed by atoms with Crippen LogP contribution in [0.2, 0.25) is 0 Å². The number of carboxylic acids is 1. The van der Waals surface area contributed by atoms with Gasteiger partial charge in [0.05, 0.1) is 0 Å². The summed E-state index contributed by atoms with van der Waals surface area (Å²) in [6.07, 6.45) is 0.863. The zero-order valence-electron chi connectivity index (χ0n) is 13.4. The zero-order chi connectivity index (χ0) is 15.7. The van der Waals surface area contributed by atoms with E-state index in [2.05, 4.69) is 0 Å². The average molecular weight is 287 g/mol. The molecule has 0 unspecified atom stereocenters. The molecular formula is C14H29N3O3. The van der Waals surface area contributed by atoms with Crippen LogP contribution in [0.4, 0.5) is 4.79 Å². The first-order chi connectivity index (χ1) is 9.27. The van der Waals surface area contributed by atoms with Crippen LogP contribution < -0.4 is 0 Å². The fraction of sp³-hybridized carbons (Fsp3) is 0.857. The molecule has 0 atom stereocenters. The second-order valence-corrected chi connectivity index (χ2v) is 5.74. The minimum absolute atomic E-state index is 0.176. The van der Waals surface area contributed by atoms with E-state index in [1.54, 1.807) is 4.90 Å². The highest BCUT2D eigenvalue weighted by Gasteiger charge is 2.23. The van der Waals surface area contributed by atoms with E-state index >= 15 is 0 Å². The van der Waals surface area contributed by atoms with Crippen LogP contribution in [-0.4, -0.2) is 78.6 Å². The van der Waals surface area contributed by atoms with Crippen molar-refractivity contribution in [3.8, 4) is 0 Å². The van der Waals surface area contributed by atoms with Gasteiger partial charge >= 0.3 is 12.0 Å². The van der Waals surface area contributed by atoms with Crippen molar-refractivity contribution < 1.29 is 14.7 Å². The molecule has 20 heavy (non-hydrogen) atoms. The number of amides is 2. The third-order valence-electron chi connectivity index (χ3n) is 2.76. The van der Waals surface area contributed by atoms with Gasteiger partial charge in [-0.2, -0.15) is 0 Å². The number of hydrogen-bond donors (Lipinski definition) is 1. The van der Waals surface area contributed by atoms with E-state index in [1.807, 2.05) is 39.8 Å². The summed E-state index contributed by atoms with van der Waals surface area (Å²) in [6, 6.07) is -0.176. The van der Waals surface area contributed by atoms with Crippen LogP contribution in [0.5, 0.6) is 0 Å². The number of rotatable bonds is 9. The van der Waals surface area contributed by atoms with Gasteiger partial charge in [-0.15, -0.1) is 0 Å². The van der Waals surface area contributed by atoms with Gasteiger partial charge < -0.3 is 19.8 Å². The van der Waals surface area contributed by atoms with Gasteiger partial charge in [-0.05, 0) is 26.4 Å². The number of urea groups is 1. The number of carboxylic acid groups (broad SMARTS) is 1. The molecule has 0 aliphatic heterocycles. The van der Waals surface area contributed by atoms with Gasteiger partial charge in [0.15, 0.2) is 0 Å². The first kappa shape index (κ1) is 18.7. The van der Waals surface area contributed by atoms with Crippen molar-refractivity contribution in [3.63, 3.8) is 0 Å². The molecule has 0 radical (unpaired) electrons. The molecular weight excluding hydrogens is 258 g/mol. The van der Waals surface area contributed by atoms with E-state index in [0.29, 0.717) is 19.6 Å². The second kappa shape index (κ2) is 9.58. The van der Waals surface area contributed by atoms with Crippen molar-refractivity contribution in [3.05, 3.63) is 0 Å². The first-order valence-electron chi connectivity index (χ1n) is 7.18. The number of aliphatic carboxylic acids is 1. The van der Waals surface area contributed by atoms with E-state index in [-0.39, 0.29) is 18.5 Å². The van der Waals surface area contributed by atoms with Crippen LogP contribution >= 0.6 is 0 Å². The van der Waals surface area contributed by atoms with Crippen molar-refractivity contribution >= 4 is 12.0 Å². The summed E-state index contributed by atoms with van der Waals surface area (Å²) in [6.45, 7) is 8.24. The van der Waals surface area contributed by atoms with Crippen molar-refractivity contribution in [1.82, 2.24) is 14.7 Å². The molecule has 2 amide bonds. The van der Waals surface area contributed by atoms with Gasteiger partial charge in [0.2, 0.25) is 0 Å². The number of hydrogen-bond acceptors (Lipinski definition) is 3. The fourth-order valence-corrected chi connectivity index (χ4v) is 1.91. The van der Waals surface area contributed by atoms with Gasteiger partial charge in [-0.1, -0.05) is 20.8 Å². The molecule has 0 spiro atoms. The van der Waals surface area contributed by atoms with Crippen molar-refractivity contribution in [2.75, 3.05) is 46.8 Å². The SMILES string of the molecule is CCCN(CCN(C)C)C(=O)N(CC(=O)O)CC(C)C. The minimum Gasteiger partial charge on any atom is -0.480 e. The highest BCUT2D eigenvalue weighted by atomic mass is 16.4. The smallest absolute Gasteiger partial charge is 0.323 e. The van der Waals surface area contributed by atoms with E-state index in [9.17, 15) is 9.59 Å². The van der Waals surface area contributed by atoms with Crippen LogP contribution in [0.1, 0.15) is 27.2 Å². The fourth-order valence-electron chi connectivity index (χ4n) is 1.91. The Morgan fingerprint density at radius 2 is 1.65 bits per heavy atom. The predicted molar refractivity (Wildman–Crippen MR) is 79.9 cm³/mol.